The summed E-state index contributed by atoms with van der Waals surface area (Å²) in [6, 6.07) is 4.57. The van der Waals surface area contributed by atoms with E-state index in [9.17, 15) is 4.79 Å². The molecule has 0 aliphatic carbocycles. The van der Waals surface area contributed by atoms with Crippen molar-refractivity contribution in [3.8, 4) is 0 Å². The van der Waals surface area contributed by atoms with E-state index in [1.807, 2.05) is 0 Å². The van der Waals surface area contributed by atoms with Crippen molar-refractivity contribution in [1.29, 1.82) is 0 Å². The predicted octanol–water partition coefficient (Wildman–Crippen LogP) is 3.20. The van der Waals surface area contributed by atoms with Crippen LogP contribution in [0.4, 0.5) is 5.69 Å². The first-order valence-corrected chi connectivity index (χ1v) is 4.86. The molecule has 2 N–H and O–H groups in total. The van der Waals surface area contributed by atoms with E-state index in [0.29, 0.717) is 22.3 Å². The van der Waals surface area contributed by atoms with Crippen molar-refractivity contribution in [2.75, 3.05) is 11.9 Å². The van der Waals surface area contributed by atoms with Gasteiger partial charge in [0.2, 0.25) is 0 Å². The zero-order chi connectivity index (χ0) is 11.4. The lowest BCUT2D eigenvalue weighted by Crippen LogP contribution is -2.07. The molecule has 1 aromatic carbocycles. The van der Waals surface area contributed by atoms with E-state index >= 15 is 0 Å². The second kappa shape index (κ2) is 5.05. The van der Waals surface area contributed by atoms with Crippen LogP contribution in [0, 0.1) is 0 Å². The Morgan fingerprint density at radius 1 is 1.53 bits per heavy atom. The van der Waals surface area contributed by atoms with Crippen LogP contribution in [0.25, 0.3) is 0 Å². The third-order valence-electron chi connectivity index (χ3n) is 1.68. The van der Waals surface area contributed by atoms with Gasteiger partial charge in [0.1, 0.15) is 0 Å². The standard InChI is InChI=1S/C10H9Cl2NO2/c1-6(11)5-13-9-3-2-7(12)4-8(9)10(14)15/h2-4,13H,1,5H2,(H,14,15). The third kappa shape index (κ3) is 3.46. The van der Waals surface area contributed by atoms with E-state index in [-0.39, 0.29) is 5.56 Å². The van der Waals surface area contributed by atoms with E-state index in [1.165, 1.54) is 6.07 Å². The molecule has 3 nitrogen and oxygen atoms in total. The maximum Gasteiger partial charge on any atom is 0.337 e. The van der Waals surface area contributed by atoms with E-state index in [2.05, 4.69) is 11.9 Å². The van der Waals surface area contributed by atoms with Crippen LogP contribution in [0.5, 0.6) is 0 Å². The first-order chi connectivity index (χ1) is 7.00. The topological polar surface area (TPSA) is 49.3 Å². The molecule has 5 heteroatoms. The van der Waals surface area contributed by atoms with Gasteiger partial charge >= 0.3 is 5.97 Å². The van der Waals surface area contributed by atoms with Gasteiger partial charge in [-0.25, -0.2) is 4.79 Å². The molecular formula is C10H9Cl2NO2. The highest BCUT2D eigenvalue weighted by Crippen LogP contribution is 2.21. The number of carboxylic acids is 1. The van der Waals surface area contributed by atoms with Crippen molar-refractivity contribution >= 4 is 34.9 Å². The molecule has 0 radical (unpaired) electrons. The van der Waals surface area contributed by atoms with Crippen molar-refractivity contribution in [3.63, 3.8) is 0 Å². The van der Waals surface area contributed by atoms with E-state index < -0.39 is 5.97 Å². The fraction of sp³-hybridized carbons (Fsp3) is 0.100. The highest BCUT2D eigenvalue weighted by molar-refractivity contribution is 6.31. The normalized spacial score (nSPS) is 9.73. The minimum Gasteiger partial charge on any atom is -0.478 e. The zero-order valence-corrected chi connectivity index (χ0v) is 9.27. The van der Waals surface area contributed by atoms with Gasteiger partial charge in [-0.05, 0) is 18.2 Å². The van der Waals surface area contributed by atoms with Crippen molar-refractivity contribution < 1.29 is 9.90 Å². The molecular weight excluding hydrogens is 237 g/mol. The summed E-state index contributed by atoms with van der Waals surface area (Å²) in [5, 5.41) is 12.5. The SMILES string of the molecule is C=C(Cl)CNc1ccc(Cl)cc1C(=O)O. The van der Waals surface area contributed by atoms with E-state index in [4.69, 9.17) is 28.3 Å². The number of carboxylic acid groups (broad SMARTS) is 1. The van der Waals surface area contributed by atoms with Crippen LogP contribution in [-0.2, 0) is 0 Å². The fourth-order valence-corrected chi connectivity index (χ4v) is 1.28. The first kappa shape index (κ1) is 11.9. The summed E-state index contributed by atoms with van der Waals surface area (Å²) in [6.07, 6.45) is 0. The molecule has 0 aliphatic heterocycles. The first-order valence-electron chi connectivity index (χ1n) is 4.10. The number of benzene rings is 1. The van der Waals surface area contributed by atoms with Crippen LogP contribution in [0.2, 0.25) is 5.02 Å². The summed E-state index contributed by atoms with van der Waals surface area (Å²) in [6.45, 7) is 3.80. The van der Waals surface area contributed by atoms with Crippen LogP contribution in [0.15, 0.2) is 29.8 Å². The van der Waals surface area contributed by atoms with Crippen molar-refractivity contribution in [1.82, 2.24) is 0 Å². The molecule has 1 rings (SSSR count). The molecule has 0 aliphatic rings. The van der Waals surface area contributed by atoms with Crippen LogP contribution < -0.4 is 5.32 Å². The smallest absolute Gasteiger partial charge is 0.337 e. The molecule has 0 spiro atoms. The van der Waals surface area contributed by atoms with Gasteiger partial charge in [0.05, 0.1) is 12.1 Å². The van der Waals surface area contributed by atoms with Gasteiger partial charge in [-0.1, -0.05) is 29.8 Å². The monoisotopic (exact) mass is 245 g/mol. The Morgan fingerprint density at radius 2 is 2.20 bits per heavy atom. The number of hydrogen-bond acceptors (Lipinski definition) is 2. The summed E-state index contributed by atoms with van der Waals surface area (Å²) in [5.41, 5.74) is 0.578. The Bertz CT molecular complexity index is 404. The van der Waals surface area contributed by atoms with Gasteiger partial charge in [-0.2, -0.15) is 0 Å². The van der Waals surface area contributed by atoms with Gasteiger partial charge < -0.3 is 10.4 Å². The minimum atomic E-state index is -1.04. The summed E-state index contributed by atoms with van der Waals surface area (Å²) in [7, 11) is 0. The van der Waals surface area contributed by atoms with Crippen molar-refractivity contribution in [2.45, 2.75) is 0 Å². The number of rotatable bonds is 4. The fourth-order valence-electron chi connectivity index (χ4n) is 1.04. The largest absolute Gasteiger partial charge is 0.478 e. The molecule has 0 fully saturated rings. The second-order valence-corrected chi connectivity index (χ2v) is 3.84. The van der Waals surface area contributed by atoms with E-state index in [0.717, 1.165) is 0 Å². The molecule has 0 amide bonds. The minimum absolute atomic E-state index is 0.111. The molecule has 0 aromatic heterocycles. The summed E-state index contributed by atoms with van der Waals surface area (Å²) < 4.78 is 0. The summed E-state index contributed by atoms with van der Waals surface area (Å²) in [5.74, 6) is -1.04. The van der Waals surface area contributed by atoms with E-state index in [1.54, 1.807) is 12.1 Å². The molecule has 80 valence electrons. The average Bonchev–Trinajstić information content (AvgIpc) is 2.15. The Hall–Kier alpha value is -1.19. The maximum atomic E-state index is 10.9. The zero-order valence-electron chi connectivity index (χ0n) is 7.76. The average molecular weight is 246 g/mol. The van der Waals surface area contributed by atoms with Gasteiger partial charge in [0, 0.05) is 15.7 Å². The molecule has 15 heavy (non-hydrogen) atoms. The Balaban J connectivity index is 2.95. The number of nitrogens with one attached hydrogen (secondary N) is 1. The van der Waals surface area contributed by atoms with Gasteiger partial charge in [0.15, 0.2) is 0 Å². The molecule has 0 saturated heterocycles. The lowest BCUT2D eigenvalue weighted by atomic mass is 10.2. The van der Waals surface area contributed by atoms with Gasteiger partial charge in [-0.15, -0.1) is 0 Å². The quantitative estimate of drug-likeness (QED) is 0.857. The molecule has 0 atom stereocenters. The molecule has 0 unspecified atom stereocenters. The number of aromatic carboxylic acids is 1. The molecule has 0 heterocycles. The third-order valence-corrected chi connectivity index (χ3v) is 2.05. The Kier molecular flexibility index (Phi) is 4.00. The van der Waals surface area contributed by atoms with Crippen LogP contribution in [-0.4, -0.2) is 17.6 Å². The van der Waals surface area contributed by atoms with Crippen molar-refractivity contribution in [3.05, 3.63) is 40.4 Å². The Morgan fingerprint density at radius 3 is 2.73 bits per heavy atom. The van der Waals surface area contributed by atoms with Crippen LogP contribution in [0.1, 0.15) is 10.4 Å². The van der Waals surface area contributed by atoms with Crippen LogP contribution in [0.3, 0.4) is 0 Å². The molecule has 1 aromatic rings. The molecule has 0 saturated carbocycles. The number of hydrogen-bond donors (Lipinski definition) is 2. The Labute approximate surface area is 97.3 Å². The van der Waals surface area contributed by atoms with Crippen molar-refractivity contribution in [2.24, 2.45) is 0 Å². The highest BCUT2D eigenvalue weighted by Gasteiger charge is 2.10. The highest BCUT2D eigenvalue weighted by atomic mass is 35.5. The summed E-state index contributed by atoms with van der Waals surface area (Å²) in [4.78, 5) is 10.9. The molecule has 0 bridgehead atoms. The second-order valence-electron chi connectivity index (χ2n) is 2.87. The van der Waals surface area contributed by atoms with Gasteiger partial charge in [-0.3, -0.25) is 0 Å². The van der Waals surface area contributed by atoms with Gasteiger partial charge in [0.25, 0.3) is 0 Å². The maximum absolute atomic E-state index is 10.9. The lowest BCUT2D eigenvalue weighted by Gasteiger charge is -2.08. The number of anilines is 1. The lowest BCUT2D eigenvalue weighted by molar-refractivity contribution is 0.0698. The number of carbonyl (C=O) groups is 1. The predicted molar refractivity (Wildman–Crippen MR) is 61.9 cm³/mol. The number of halogens is 2. The van der Waals surface area contributed by atoms with Crippen LogP contribution >= 0.6 is 23.2 Å². The summed E-state index contributed by atoms with van der Waals surface area (Å²) >= 11 is 11.2.